The number of hydrogen-bond donors (Lipinski definition) is 13. The van der Waals surface area contributed by atoms with Crippen molar-refractivity contribution < 1.29 is 98.0 Å². The van der Waals surface area contributed by atoms with E-state index in [4.69, 9.17) is 41.4 Å². The molecule has 12 aromatic rings. The molecule has 126 heavy (non-hydrogen) atoms. The van der Waals surface area contributed by atoms with Gasteiger partial charge in [0.2, 0.25) is 0 Å². The summed E-state index contributed by atoms with van der Waals surface area (Å²) in [7, 11) is -10.2. The lowest BCUT2D eigenvalue weighted by molar-refractivity contribution is -0.368. The Kier molecular flexibility index (Phi) is 36.3. The number of hydrogen-bond acceptors (Lipinski definition) is 33. The summed E-state index contributed by atoms with van der Waals surface area (Å²) in [5.74, 6) is -2.99. The predicted molar refractivity (Wildman–Crippen MR) is 457 cm³/mol. The Labute approximate surface area is 732 Å². The maximum absolute atomic E-state index is 13.1. The van der Waals surface area contributed by atoms with Crippen LogP contribution < -0.4 is 70.8 Å². The van der Waals surface area contributed by atoms with Gasteiger partial charge in [0.1, 0.15) is 74.7 Å². The van der Waals surface area contributed by atoms with E-state index in [2.05, 4.69) is 91.9 Å². The first-order chi connectivity index (χ1) is 59.4. The van der Waals surface area contributed by atoms with Gasteiger partial charge < -0.3 is 114 Å². The summed E-state index contributed by atoms with van der Waals surface area (Å²) >= 11 is 3.81. The first-order valence-electron chi connectivity index (χ1n) is 39.1. The van der Waals surface area contributed by atoms with Gasteiger partial charge in [-0.2, -0.15) is 30.6 Å². The minimum absolute atomic E-state index is 0. The van der Waals surface area contributed by atoms with Gasteiger partial charge in [-0.25, -0.2) is 24.3 Å². The smallest absolute Gasteiger partial charge is 0.320 e. The molecule has 2 unspecified atom stereocenters. The van der Waals surface area contributed by atoms with Crippen LogP contribution in [-0.4, -0.2) is 190 Å². The normalized spacial score (nSPS) is 17.3. The van der Waals surface area contributed by atoms with Crippen LogP contribution >= 0.6 is 49.7 Å². The van der Waals surface area contributed by atoms with E-state index in [-0.39, 0.29) is 59.9 Å². The summed E-state index contributed by atoms with van der Waals surface area (Å²) in [5, 5.41) is 70.7. The van der Waals surface area contributed by atoms with E-state index in [0.717, 1.165) is 79.4 Å². The second-order valence-corrected chi connectivity index (χ2v) is 33.6. The second-order valence-electron chi connectivity index (χ2n) is 28.7. The number of nitrogens with zero attached hydrogens (tertiary/aromatic N) is 17. The van der Waals surface area contributed by atoms with Gasteiger partial charge in [0.15, 0.2) is 0 Å². The zero-order valence-corrected chi connectivity index (χ0v) is 73.6. The molecule has 45 nitrogen and oxygen atoms in total. The predicted octanol–water partition coefficient (Wildman–Crippen LogP) is 5.62. The van der Waals surface area contributed by atoms with Crippen molar-refractivity contribution in [3.8, 4) is 65.9 Å². The molecule has 676 valence electrons. The summed E-state index contributed by atoms with van der Waals surface area (Å²) < 4.78 is 48.9. The number of aliphatic hydroxyl groups is 1. The fraction of sp³-hybridized carbons (Fsp3) is 0.382. The zero-order valence-electron chi connectivity index (χ0n) is 69.4. The van der Waals surface area contributed by atoms with Crippen LogP contribution in [0.5, 0.6) is 0 Å². The molecule has 3 aliphatic carbocycles. The molecule has 0 aromatic carbocycles. The number of aromatic nitrogens is 18. The summed E-state index contributed by atoms with van der Waals surface area (Å²) in [6, 6.07) is 15.6. The standard InChI is InChI=1S/2C22H24N7O6PS.C20H19N7O2S.2C6H14N2O2.2H3N/c2*1-2-34-16-7-15(8-16)29-11-18(20(27-29)17-5-3-4-6-23-17)25-21(30)19-12-37-22(26-19)14-9-24-28(10-14)13-35-36(31,32)33;1-20(29)6-13(7-20)27-10-15(17(26-27)14-4-2-3-5-21-14)24-18(28)16-11-30-19(25-16)12-8-22-23-9-12;2*7-4-2-1-3-5(8)6(9)10;;/h2*3-6,9-12,15-16H,2,7-8,13H2,1H3,(H,25,30)(H2,31,32,33);2-5,8-11,13,29H,6-7H2,1H3,(H,22,23)(H,24,28);2*5H,1-4,7-8H2,(H,9,10);2*1H3. The number of carbonyl (C=O) groups excluding carboxylic acids is 3. The number of aliphatic carboxylic acids is 2. The average Bonchev–Trinajstić information content (AvgIpc) is 1.65. The van der Waals surface area contributed by atoms with Crippen LogP contribution in [0.1, 0.15) is 147 Å². The molecule has 0 saturated heterocycles. The number of carboxylic acid groups (broad SMARTS) is 2. The molecule has 0 aliphatic heterocycles. The molecular formula is C76H101N27O18P2S3. The van der Waals surface area contributed by atoms with Crippen molar-refractivity contribution >= 4 is 96.4 Å². The van der Waals surface area contributed by atoms with E-state index in [0.29, 0.717) is 122 Å². The number of aromatic amines is 1. The Hall–Kier alpha value is -11.2. The number of nitrogens with one attached hydrogen (secondary N) is 4. The van der Waals surface area contributed by atoms with E-state index in [1.807, 2.05) is 84.7 Å². The molecule has 2 atom stereocenters. The third-order valence-corrected chi connectivity index (χ3v) is 22.7. The van der Waals surface area contributed by atoms with Crippen LogP contribution in [0, 0.1) is 0 Å². The van der Waals surface area contributed by atoms with Crippen LogP contribution in [0.3, 0.4) is 0 Å². The van der Waals surface area contributed by atoms with Gasteiger partial charge in [-0.15, -0.1) is 34.0 Å². The lowest BCUT2D eigenvalue weighted by Gasteiger charge is -2.40. The molecule has 50 heteroatoms. The Morgan fingerprint density at radius 2 is 0.913 bits per heavy atom. The minimum Gasteiger partial charge on any atom is -0.790 e. The number of H-pyrrole nitrogens is 1. The lowest BCUT2D eigenvalue weighted by atomic mass is 9.77. The number of phosphoric ester groups is 2. The molecule has 0 bridgehead atoms. The molecule has 12 aromatic heterocycles. The number of amides is 3. The molecule has 25 N–H and O–H groups in total. The first-order valence-corrected chi connectivity index (χ1v) is 44.7. The molecule has 0 radical (unpaired) electrons. The molecule has 3 amide bonds. The molecule has 3 saturated carbocycles. The van der Waals surface area contributed by atoms with Gasteiger partial charge in [-0.3, -0.25) is 58.1 Å². The van der Waals surface area contributed by atoms with Gasteiger partial charge in [0.05, 0.1) is 117 Å². The van der Waals surface area contributed by atoms with E-state index in [1.165, 1.54) is 58.8 Å². The Morgan fingerprint density at radius 1 is 0.556 bits per heavy atom. The minimum atomic E-state index is -5.12. The highest BCUT2D eigenvalue weighted by Crippen LogP contribution is 2.43. The Balaban J connectivity index is 0.000000192. The summed E-state index contributed by atoms with van der Waals surface area (Å²) in [6.07, 6.45) is 29.4. The van der Waals surface area contributed by atoms with Crippen molar-refractivity contribution in [3.63, 3.8) is 0 Å². The van der Waals surface area contributed by atoms with E-state index in [9.17, 15) is 57.8 Å². The number of pyridine rings is 3. The summed E-state index contributed by atoms with van der Waals surface area (Å²) in [6.45, 7) is 7.72. The van der Waals surface area contributed by atoms with Crippen molar-refractivity contribution in [2.24, 2.45) is 11.5 Å². The first kappa shape index (κ1) is 98.6. The summed E-state index contributed by atoms with van der Waals surface area (Å²) in [4.78, 5) is 128. The second kappa shape index (κ2) is 46.3. The van der Waals surface area contributed by atoms with E-state index >= 15 is 0 Å². The highest BCUT2D eigenvalue weighted by molar-refractivity contribution is 7.43. The number of carboxylic acids is 2. The lowest BCUT2D eigenvalue weighted by Crippen LogP contribution is -2.50. The quantitative estimate of drug-likeness (QED) is 0.0169. The average molecular weight is 1840 g/mol. The Morgan fingerprint density at radius 3 is 1.21 bits per heavy atom. The number of nitrogens with two attached hydrogens (primary N) is 2. The maximum atomic E-state index is 13.1. The monoisotopic (exact) mass is 1840 g/mol. The zero-order chi connectivity index (χ0) is 88.7. The van der Waals surface area contributed by atoms with Crippen molar-refractivity contribution in [3.05, 3.63) is 162 Å². The topological polar surface area (TPSA) is 721 Å². The van der Waals surface area contributed by atoms with Gasteiger partial charge >= 0.3 is 11.9 Å². The molecular weight excluding hydrogens is 1740 g/mol. The van der Waals surface area contributed by atoms with Gasteiger partial charge in [-0.05, 0) is 134 Å². The van der Waals surface area contributed by atoms with Gasteiger partial charge in [0, 0.05) is 102 Å². The van der Waals surface area contributed by atoms with Gasteiger partial charge in [-0.1, -0.05) is 18.2 Å². The Bertz CT molecular complexity index is 5300. The van der Waals surface area contributed by atoms with Crippen LogP contribution in [0.15, 0.2) is 145 Å². The number of thiazole rings is 3. The molecule has 15 rings (SSSR count). The van der Waals surface area contributed by atoms with Crippen LogP contribution in [-0.2, 0) is 50.7 Å². The maximum Gasteiger partial charge on any atom is 0.320 e. The van der Waals surface area contributed by atoms with Gasteiger partial charge in [0.25, 0.3) is 17.7 Å². The number of ether oxygens (including phenoxy) is 2. The van der Waals surface area contributed by atoms with Crippen molar-refractivity contribution in [2.75, 3.05) is 42.3 Å². The highest BCUT2D eigenvalue weighted by Gasteiger charge is 2.41. The SMILES string of the molecule is CC1(O)CC(n2cc(NC(=O)c3csc(-c4cn[nH]c4)n3)c(-c3ccccn3)n2)C1.CCOC1CC(n2cc(NC(=O)c3csc(-c4cnn(COP(=O)([O-])[O-])c4)n3)c(-c3ccccn3)n2)C1.CCOC1CC(n2cc(NC(=O)c3csc(-c4cnn(COP(=O)([O-])[O-])c4)n3)c(-c3ccccn3)n2)C1.NC(CCCC[NH3+])C(=O)O.NC(CCCC[NH3+])C(=O)O.[NH4+].[NH4+]. The number of quaternary nitrogens is 4. The van der Waals surface area contributed by atoms with Crippen LogP contribution in [0.2, 0.25) is 0 Å². The van der Waals surface area contributed by atoms with Crippen molar-refractivity contribution in [2.45, 2.75) is 159 Å². The number of carbonyl (C=O) groups is 5. The fourth-order valence-corrected chi connectivity index (χ4v) is 15.5. The van der Waals surface area contributed by atoms with Crippen LogP contribution in [0.4, 0.5) is 17.1 Å². The van der Waals surface area contributed by atoms with E-state index in [1.54, 1.807) is 70.4 Å². The van der Waals surface area contributed by atoms with E-state index < -0.39 is 70.5 Å². The molecule has 3 aliphatic rings. The third-order valence-electron chi connectivity index (χ3n) is 19.2. The summed E-state index contributed by atoms with van der Waals surface area (Å²) in [5.41, 5.74) is 24.9. The van der Waals surface area contributed by atoms with Crippen LogP contribution in [0.25, 0.3) is 65.9 Å². The fourth-order valence-electron chi connectivity index (χ4n) is 12.6. The highest BCUT2D eigenvalue weighted by atomic mass is 32.1. The number of anilines is 3. The third kappa shape index (κ3) is 28.4. The molecule has 0 spiro atoms. The molecule has 12 heterocycles. The number of phosphoric acid groups is 2. The van der Waals surface area contributed by atoms with Crippen molar-refractivity contribution in [1.82, 2.24) is 101 Å². The molecule has 3 fully saturated rings. The number of rotatable bonds is 35. The number of unbranched alkanes of at least 4 members (excludes halogenated alkanes) is 2. The largest absolute Gasteiger partial charge is 0.790 e. The van der Waals surface area contributed by atoms with Crippen molar-refractivity contribution in [1.29, 1.82) is 0 Å².